The number of aliphatic hydroxyl groups excluding tert-OH is 2. The molecule has 0 aromatic carbocycles. The van der Waals surface area contributed by atoms with E-state index in [4.69, 9.17) is 0 Å². The van der Waals surface area contributed by atoms with Crippen LogP contribution in [0.2, 0.25) is 0 Å². The first-order valence-corrected chi connectivity index (χ1v) is 13.7. The number of fused-ring (bicyclic) bond motifs is 6. The van der Waals surface area contributed by atoms with Crippen molar-refractivity contribution in [3.63, 3.8) is 0 Å². The lowest BCUT2D eigenvalue weighted by atomic mass is 9.45. The molecule has 176 valence electrons. The van der Waals surface area contributed by atoms with Crippen molar-refractivity contribution in [2.45, 2.75) is 117 Å². The second-order valence-corrected chi connectivity index (χ2v) is 13.5. The van der Waals surface area contributed by atoms with Crippen LogP contribution in [0.4, 0.5) is 0 Å². The Labute approximate surface area is 191 Å². The van der Waals surface area contributed by atoms with Gasteiger partial charge in [-0.15, -0.1) is 0 Å². The lowest BCUT2D eigenvalue weighted by Crippen LogP contribution is -2.56. The maximum Gasteiger partial charge on any atom is 0.0757 e. The van der Waals surface area contributed by atoms with Crippen molar-refractivity contribution in [3.8, 4) is 0 Å². The summed E-state index contributed by atoms with van der Waals surface area (Å²) in [6.07, 6.45) is 15.6. The quantitative estimate of drug-likeness (QED) is 0.475. The molecule has 0 amide bonds. The first-order valence-electron chi connectivity index (χ1n) is 13.7. The summed E-state index contributed by atoms with van der Waals surface area (Å²) in [5.41, 5.74) is 2.12. The molecule has 0 radical (unpaired) electrons. The van der Waals surface area contributed by atoms with Gasteiger partial charge in [0.1, 0.15) is 0 Å². The number of hydrogen-bond donors (Lipinski definition) is 2. The zero-order valence-electron chi connectivity index (χ0n) is 20.9. The van der Waals surface area contributed by atoms with Crippen LogP contribution in [-0.2, 0) is 0 Å². The highest BCUT2D eigenvalue weighted by Crippen LogP contribution is 2.72. The van der Waals surface area contributed by atoms with E-state index in [1.807, 2.05) is 0 Å². The summed E-state index contributed by atoms with van der Waals surface area (Å²) in [6.45, 7) is 12.3. The van der Waals surface area contributed by atoms with Crippen LogP contribution in [0, 0.1) is 51.8 Å². The fraction of sp³-hybridized carbons (Fsp3) is 0.931. The van der Waals surface area contributed by atoms with Crippen molar-refractivity contribution in [3.05, 3.63) is 11.6 Å². The molecule has 5 aliphatic rings. The van der Waals surface area contributed by atoms with E-state index in [-0.39, 0.29) is 23.0 Å². The molecular weight excluding hydrogens is 380 g/mol. The fourth-order valence-corrected chi connectivity index (χ4v) is 9.80. The van der Waals surface area contributed by atoms with E-state index in [0.29, 0.717) is 23.2 Å². The van der Waals surface area contributed by atoms with Gasteiger partial charge in [0.2, 0.25) is 0 Å². The van der Waals surface area contributed by atoms with Gasteiger partial charge in [0, 0.05) is 5.41 Å². The predicted octanol–water partition coefficient (Wildman–Crippen LogP) is 6.75. The van der Waals surface area contributed by atoms with Crippen molar-refractivity contribution < 1.29 is 10.2 Å². The van der Waals surface area contributed by atoms with Gasteiger partial charge in [-0.2, -0.15) is 0 Å². The molecule has 1 spiro atoms. The van der Waals surface area contributed by atoms with Crippen molar-refractivity contribution in [2.75, 3.05) is 0 Å². The molecule has 31 heavy (non-hydrogen) atoms. The van der Waals surface area contributed by atoms with Crippen LogP contribution < -0.4 is 0 Å². The number of aliphatic hydroxyl groups is 2. The molecule has 5 rings (SSSR count). The van der Waals surface area contributed by atoms with Gasteiger partial charge in [-0.25, -0.2) is 0 Å². The second-order valence-electron chi connectivity index (χ2n) is 13.5. The molecule has 2 nitrogen and oxygen atoms in total. The molecule has 2 N–H and O–H groups in total. The average molecular weight is 429 g/mol. The topological polar surface area (TPSA) is 40.5 Å². The molecule has 2 heteroatoms. The van der Waals surface area contributed by atoms with Gasteiger partial charge in [0.25, 0.3) is 0 Å². The zero-order chi connectivity index (χ0) is 22.2. The lowest BCUT2D eigenvalue weighted by molar-refractivity contribution is -0.105. The molecule has 9 atom stereocenters. The van der Waals surface area contributed by atoms with Crippen LogP contribution in [0.5, 0.6) is 0 Å². The van der Waals surface area contributed by atoms with E-state index in [0.717, 1.165) is 43.4 Å². The Balaban J connectivity index is 1.39. The minimum Gasteiger partial charge on any atom is -0.392 e. The SMILES string of the molecule is CC(C)CCC[C@@H](C)[C@H]1CC[C@H]2[C@@H]3C(O)C=C4C5(CC5)C(O)CC[C@]4(C)[C@H]3CC[C@]12C. The van der Waals surface area contributed by atoms with Crippen LogP contribution in [0.25, 0.3) is 0 Å². The molecular formula is C29H48O2. The van der Waals surface area contributed by atoms with E-state index >= 15 is 0 Å². The summed E-state index contributed by atoms with van der Waals surface area (Å²) >= 11 is 0. The van der Waals surface area contributed by atoms with Gasteiger partial charge in [0.05, 0.1) is 12.2 Å². The Hall–Kier alpha value is -0.340. The summed E-state index contributed by atoms with van der Waals surface area (Å²) in [5.74, 6) is 4.19. The van der Waals surface area contributed by atoms with Crippen molar-refractivity contribution in [2.24, 2.45) is 51.8 Å². The minimum absolute atomic E-state index is 0.0306. The third kappa shape index (κ3) is 3.24. The highest BCUT2D eigenvalue weighted by molar-refractivity contribution is 5.38. The van der Waals surface area contributed by atoms with Crippen LogP contribution in [0.15, 0.2) is 11.6 Å². The molecule has 2 unspecified atom stereocenters. The standard InChI is InChI=1S/C29H48O2/c1-18(2)7-6-8-19(3)20-9-10-21-26-22(11-13-27(20,21)4)28(5)14-12-25(31)29(15-16-29)24(28)17-23(26)30/h17-23,25-26,30-31H,6-16H2,1-5H3/t19-,20-,21+,22+,23?,25?,26+,27-,28-/m1/s1. The smallest absolute Gasteiger partial charge is 0.0757 e. The fourth-order valence-electron chi connectivity index (χ4n) is 9.80. The Morgan fingerprint density at radius 1 is 0.903 bits per heavy atom. The maximum absolute atomic E-state index is 11.5. The lowest BCUT2D eigenvalue weighted by Gasteiger charge is -2.61. The van der Waals surface area contributed by atoms with Crippen LogP contribution in [-0.4, -0.2) is 22.4 Å². The van der Waals surface area contributed by atoms with E-state index in [2.05, 4.69) is 40.7 Å². The molecule has 0 saturated heterocycles. The first-order chi connectivity index (χ1) is 14.6. The Kier molecular flexibility index (Phi) is 5.50. The van der Waals surface area contributed by atoms with Crippen molar-refractivity contribution >= 4 is 0 Å². The third-order valence-corrected chi connectivity index (χ3v) is 11.6. The monoisotopic (exact) mass is 428 g/mol. The van der Waals surface area contributed by atoms with Crippen LogP contribution in [0.3, 0.4) is 0 Å². The van der Waals surface area contributed by atoms with E-state index in [1.165, 1.54) is 50.5 Å². The Morgan fingerprint density at radius 3 is 2.32 bits per heavy atom. The summed E-state index contributed by atoms with van der Waals surface area (Å²) in [7, 11) is 0. The van der Waals surface area contributed by atoms with Gasteiger partial charge < -0.3 is 10.2 Å². The predicted molar refractivity (Wildman–Crippen MR) is 127 cm³/mol. The van der Waals surface area contributed by atoms with Crippen molar-refractivity contribution in [1.29, 1.82) is 0 Å². The highest BCUT2D eigenvalue weighted by atomic mass is 16.3. The molecule has 5 aliphatic carbocycles. The van der Waals surface area contributed by atoms with Gasteiger partial charge in [-0.3, -0.25) is 0 Å². The molecule has 0 bridgehead atoms. The molecule has 0 aromatic rings. The maximum atomic E-state index is 11.5. The first kappa shape index (κ1) is 22.5. The summed E-state index contributed by atoms with van der Waals surface area (Å²) in [6, 6.07) is 0. The normalized spacial score (nSPS) is 48.7. The average Bonchev–Trinajstić information content (AvgIpc) is 3.42. The number of hydrogen-bond acceptors (Lipinski definition) is 2. The van der Waals surface area contributed by atoms with Crippen molar-refractivity contribution in [1.82, 2.24) is 0 Å². The Bertz CT molecular complexity index is 720. The van der Waals surface area contributed by atoms with Crippen LogP contribution in [0.1, 0.15) is 105 Å². The molecule has 0 aliphatic heterocycles. The van der Waals surface area contributed by atoms with Crippen LogP contribution >= 0.6 is 0 Å². The largest absolute Gasteiger partial charge is 0.392 e. The van der Waals surface area contributed by atoms with Gasteiger partial charge >= 0.3 is 0 Å². The Morgan fingerprint density at radius 2 is 1.65 bits per heavy atom. The van der Waals surface area contributed by atoms with E-state index < -0.39 is 0 Å². The minimum atomic E-state index is -0.296. The molecule has 0 heterocycles. The molecule has 0 aromatic heterocycles. The van der Waals surface area contributed by atoms with E-state index in [9.17, 15) is 10.2 Å². The molecule has 4 fully saturated rings. The summed E-state index contributed by atoms with van der Waals surface area (Å²) < 4.78 is 0. The van der Waals surface area contributed by atoms with Gasteiger partial charge in [-0.1, -0.05) is 65.5 Å². The third-order valence-electron chi connectivity index (χ3n) is 11.6. The molecule has 4 saturated carbocycles. The second kappa shape index (κ2) is 7.59. The van der Waals surface area contributed by atoms with Gasteiger partial charge in [0.15, 0.2) is 0 Å². The number of rotatable bonds is 5. The van der Waals surface area contributed by atoms with E-state index in [1.54, 1.807) is 0 Å². The summed E-state index contributed by atoms with van der Waals surface area (Å²) in [5, 5.41) is 22.3. The van der Waals surface area contributed by atoms with Gasteiger partial charge in [-0.05, 0) is 97.7 Å². The highest BCUT2D eigenvalue weighted by Gasteiger charge is 2.66. The zero-order valence-corrected chi connectivity index (χ0v) is 20.9. The summed E-state index contributed by atoms with van der Waals surface area (Å²) in [4.78, 5) is 0.